The standard InChI is InChI=1S/C20H22ClF3N4O3S/c1-13-16(21)3-2-4-17(13)26-19(29)12-27-7-9-28(10-8-27)18-6-5-14(32(25,30)31)11-15(18)20(22,23)24/h2-6,11H,7-10,12H2,1H3,(H,26,29)(H2,25,30,31). The summed E-state index contributed by atoms with van der Waals surface area (Å²) in [6.07, 6.45) is -4.75. The van der Waals surface area contributed by atoms with Crippen LogP contribution in [0.3, 0.4) is 0 Å². The second-order valence-corrected chi connectivity index (χ2v) is 9.41. The van der Waals surface area contributed by atoms with E-state index in [0.29, 0.717) is 29.9 Å². The van der Waals surface area contributed by atoms with Gasteiger partial charge in [0, 0.05) is 42.6 Å². The molecule has 1 saturated heterocycles. The average Bonchev–Trinajstić information content (AvgIpc) is 2.70. The number of hydrogen-bond acceptors (Lipinski definition) is 5. The first-order valence-corrected chi connectivity index (χ1v) is 11.5. The lowest BCUT2D eigenvalue weighted by molar-refractivity contribution is -0.137. The van der Waals surface area contributed by atoms with Gasteiger partial charge in [-0.1, -0.05) is 17.7 Å². The molecule has 3 rings (SSSR count). The number of nitrogens with two attached hydrogens (primary N) is 1. The van der Waals surface area contributed by atoms with E-state index in [-0.39, 0.29) is 31.2 Å². The highest BCUT2D eigenvalue weighted by Gasteiger charge is 2.36. The van der Waals surface area contributed by atoms with Crippen LogP contribution in [0.5, 0.6) is 0 Å². The molecule has 0 spiro atoms. The van der Waals surface area contributed by atoms with E-state index in [4.69, 9.17) is 16.7 Å². The van der Waals surface area contributed by atoms with Gasteiger partial charge in [0.25, 0.3) is 0 Å². The number of amides is 1. The van der Waals surface area contributed by atoms with E-state index < -0.39 is 26.7 Å². The van der Waals surface area contributed by atoms with Crippen LogP contribution in [0.25, 0.3) is 0 Å². The highest BCUT2D eigenvalue weighted by molar-refractivity contribution is 7.89. The number of alkyl halides is 3. The van der Waals surface area contributed by atoms with Gasteiger partial charge in [-0.25, -0.2) is 13.6 Å². The van der Waals surface area contributed by atoms with Gasteiger partial charge in [0.05, 0.1) is 17.0 Å². The van der Waals surface area contributed by atoms with Crippen LogP contribution < -0.4 is 15.4 Å². The maximum atomic E-state index is 13.6. The van der Waals surface area contributed by atoms with Crippen LogP contribution in [-0.4, -0.2) is 51.9 Å². The highest BCUT2D eigenvalue weighted by atomic mass is 35.5. The summed E-state index contributed by atoms with van der Waals surface area (Å²) >= 11 is 6.06. The molecule has 1 aliphatic rings. The van der Waals surface area contributed by atoms with Crippen molar-refractivity contribution < 1.29 is 26.4 Å². The fourth-order valence-corrected chi connectivity index (χ4v) is 4.19. The first-order valence-electron chi connectivity index (χ1n) is 9.62. The zero-order valence-corrected chi connectivity index (χ0v) is 18.7. The number of hydrogen-bond donors (Lipinski definition) is 2. The zero-order chi connectivity index (χ0) is 23.7. The maximum Gasteiger partial charge on any atom is 0.418 e. The van der Waals surface area contributed by atoms with E-state index in [1.54, 1.807) is 25.1 Å². The molecule has 0 aromatic heterocycles. The number of rotatable bonds is 5. The van der Waals surface area contributed by atoms with Crippen LogP contribution in [0.15, 0.2) is 41.3 Å². The fourth-order valence-electron chi connectivity index (χ4n) is 3.48. The van der Waals surface area contributed by atoms with E-state index in [2.05, 4.69) is 5.32 Å². The van der Waals surface area contributed by atoms with Crippen molar-refractivity contribution in [3.63, 3.8) is 0 Å². The van der Waals surface area contributed by atoms with Crippen LogP contribution in [0.2, 0.25) is 5.02 Å². The molecule has 1 amide bonds. The minimum absolute atomic E-state index is 0.0796. The Morgan fingerprint density at radius 1 is 1.16 bits per heavy atom. The maximum absolute atomic E-state index is 13.6. The zero-order valence-electron chi connectivity index (χ0n) is 17.1. The van der Waals surface area contributed by atoms with E-state index in [0.717, 1.165) is 17.7 Å². The topological polar surface area (TPSA) is 95.7 Å². The van der Waals surface area contributed by atoms with Crippen LogP contribution in [0, 0.1) is 6.92 Å². The summed E-state index contributed by atoms with van der Waals surface area (Å²) in [7, 11) is -4.27. The fraction of sp³-hybridized carbons (Fsp3) is 0.350. The van der Waals surface area contributed by atoms with Gasteiger partial charge in [0.15, 0.2) is 0 Å². The molecule has 0 atom stereocenters. The Morgan fingerprint density at radius 3 is 2.41 bits per heavy atom. The van der Waals surface area contributed by atoms with Gasteiger partial charge in [-0.15, -0.1) is 0 Å². The smallest absolute Gasteiger partial charge is 0.368 e. The van der Waals surface area contributed by atoms with E-state index in [1.165, 1.54) is 4.90 Å². The van der Waals surface area contributed by atoms with Crippen molar-refractivity contribution in [2.24, 2.45) is 5.14 Å². The summed E-state index contributed by atoms with van der Waals surface area (Å²) < 4.78 is 63.6. The summed E-state index contributed by atoms with van der Waals surface area (Å²) in [5.41, 5.74) is 0.163. The lowest BCUT2D eigenvalue weighted by Gasteiger charge is -2.37. The second kappa shape index (κ2) is 9.26. The predicted molar refractivity (Wildman–Crippen MR) is 116 cm³/mol. The Morgan fingerprint density at radius 2 is 1.81 bits per heavy atom. The summed E-state index contributed by atoms with van der Waals surface area (Å²) in [5, 5.41) is 8.30. The van der Waals surface area contributed by atoms with Gasteiger partial charge in [0.1, 0.15) is 0 Å². The molecule has 1 fully saturated rings. The minimum Gasteiger partial charge on any atom is -0.368 e. The largest absolute Gasteiger partial charge is 0.418 e. The lowest BCUT2D eigenvalue weighted by Crippen LogP contribution is -2.49. The van der Waals surface area contributed by atoms with Gasteiger partial charge < -0.3 is 10.2 Å². The molecule has 12 heteroatoms. The first-order chi connectivity index (χ1) is 14.9. The van der Waals surface area contributed by atoms with Gasteiger partial charge in [-0.3, -0.25) is 9.69 Å². The van der Waals surface area contributed by atoms with Gasteiger partial charge in [-0.2, -0.15) is 13.2 Å². The molecule has 1 aliphatic heterocycles. The molecule has 0 aliphatic carbocycles. The lowest BCUT2D eigenvalue weighted by atomic mass is 10.1. The Balaban J connectivity index is 1.67. The van der Waals surface area contributed by atoms with Crippen LogP contribution in [0.4, 0.5) is 24.5 Å². The van der Waals surface area contributed by atoms with Gasteiger partial charge in [-0.05, 0) is 42.8 Å². The van der Waals surface area contributed by atoms with Crippen molar-refractivity contribution in [3.05, 3.63) is 52.5 Å². The van der Waals surface area contributed by atoms with Gasteiger partial charge >= 0.3 is 6.18 Å². The molecule has 0 bridgehead atoms. The molecule has 0 saturated carbocycles. The number of halogens is 4. The number of sulfonamides is 1. The van der Waals surface area contributed by atoms with E-state index in [1.807, 2.05) is 4.90 Å². The molecule has 0 unspecified atom stereocenters. The first kappa shape index (κ1) is 24.3. The number of nitrogens with one attached hydrogen (secondary N) is 1. The van der Waals surface area contributed by atoms with Gasteiger partial charge in [0.2, 0.25) is 15.9 Å². The van der Waals surface area contributed by atoms with Crippen LogP contribution in [-0.2, 0) is 21.0 Å². The quantitative estimate of drug-likeness (QED) is 0.671. The molecule has 3 N–H and O–H groups in total. The molecule has 174 valence electrons. The molecule has 0 radical (unpaired) electrons. The Hall–Kier alpha value is -2.34. The summed E-state index contributed by atoms with van der Waals surface area (Å²) in [6, 6.07) is 7.91. The number of piperazine rings is 1. The highest BCUT2D eigenvalue weighted by Crippen LogP contribution is 2.38. The summed E-state index contributed by atoms with van der Waals surface area (Å²) in [4.78, 5) is 15.1. The Bertz CT molecular complexity index is 1120. The molecule has 2 aromatic rings. The third-order valence-electron chi connectivity index (χ3n) is 5.22. The van der Waals surface area contributed by atoms with E-state index in [9.17, 15) is 26.4 Å². The third-order valence-corrected chi connectivity index (χ3v) is 6.54. The molecule has 1 heterocycles. The number of primary sulfonamides is 1. The number of carbonyl (C=O) groups excluding carboxylic acids is 1. The molecule has 2 aromatic carbocycles. The molecular formula is C20H22ClF3N4O3S. The van der Waals surface area contributed by atoms with Crippen LogP contribution in [0.1, 0.15) is 11.1 Å². The summed E-state index contributed by atoms with van der Waals surface area (Å²) in [6.45, 7) is 3.06. The predicted octanol–water partition coefficient (Wildman–Crippen LogP) is 3.08. The average molecular weight is 491 g/mol. The molecular weight excluding hydrogens is 469 g/mol. The molecule has 32 heavy (non-hydrogen) atoms. The van der Waals surface area contributed by atoms with Crippen molar-refractivity contribution in [2.75, 3.05) is 42.9 Å². The molecule has 7 nitrogen and oxygen atoms in total. The van der Waals surface area contributed by atoms with Crippen LogP contribution >= 0.6 is 11.6 Å². The normalized spacial score (nSPS) is 15.6. The number of nitrogens with zero attached hydrogens (tertiary/aromatic N) is 2. The van der Waals surface area contributed by atoms with Crippen molar-refractivity contribution >= 4 is 38.9 Å². The minimum atomic E-state index is -4.75. The van der Waals surface area contributed by atoms with Crippen molar-refractivity contribution in [1.82, 2.24) is 4.90 Å². The Kier molecular flexibility index (Phi) is 7.03. The monoisotopic (exact) mass is 490 g/mol. The number of anilines is 2. The second-order valence-electron chi connectivity index (χ2n) is 7.45. The Labute approximate surface area is 189 Å². The SMILES string of the molecule is Cc1c(Cl)cccc1NC(=O)CN1CCN(c2ccc(S(N)(=O)=O)cc2C(F)(F)F)CC1. The summed E-state index contributed by atoms with van der Waals surface area (Å²) in [5.74, 6) is -0.252. The number of benzene rings is 2. The van der Waals surface area contributed by atoms with Crippen molar-refractivity contribution in [3.8, 4) is 0 Å². The van der Waals surface area contributed by atoms with Crippen molar-refractivity contribution in [2.45, 2.75) is 18.0 Å². The van der Waals surface area contributed by atoms with Crippen molar-refractivity contribution in [1.29, 1.82) is 0 Å². The van der Waals surface area contributed by atoms with E-state index >= 15 is 0 Å². The third kappa shape index (κ3) is 5.71. The number of carbonyl (C=O) groups is 1.